The summed E-state index contributed by atoms with van der Waals surface area (Å²) in [6.45, 7) is 5.46. The van der Waals surface area contributed by atoms with Crippen molar-refractivity contribution >= 4 is 57.7 Å². The fraction of sp³-hybridized carbons (Fsp3) is 0.421. The predicted molar refractivity (Wildman–Crippen MR) is 199 cm³/mol. The number of nitrogen functional groups attached to an aromatic ring is 1. The molecule has 53 heavy (non-hydrogen) atoms. The SMILES string of the molecule is COc1cc2cc(c1Cl)N(C)C(=O)C[C@H](OC(=O)Nc1cnc3cc(N)ccc3c1)[C@]1(C)O[C@H]1[C@H](C)[C@@H]1C[C@@](O)(NC(=O)O1)[C@H](OC)/C=C/C=C(\C)C2. The molecule has 2 saturated heterocycles. The average molecular weight is 750 g/mol. The number of nitrogens with one attached hydrogen (secondary N) is 2. The van der Waals surface area contributed by atoms with Gasteiger partial charge in [-0.15, -0.1) is 0 Å². The van der Waals surface area contributed by atoms with Crippen LogP contribution in [0.5, 0.6) is 5.75 Å². The number of carbonyl (C=O) groups excluding carboxylic acids is 3. The molecule has 3 amide bonds. The second-order valence-corrected chi connectivity index (χ2v) is 14.4. The standard InChI is InChI=1S/C38H44ClN5O9/c1-20-8-7-9-30(50-6)38(48)18-29(51-36(47)43-38)21(2)34-37(3,53-34)31(17-32(45)44(4)27-13-22(12-20)14-28(49-5)33(27)39)52-35(46)42-25-15-23-10-11-24(40)16-26(23)41-19-25/h7-11,13-16,19,21,29-31,34,48H,12,17-18,40H2,1-6H3,(H,42,46)(H,43,47)/b9-7+,20-8+/t21-,29+,30-,31+,34+,37+,38+/m1/s1. The molecule has 15 heteroatoms. The molecule has 14 nitrogen and oxygen atoms in total. The van der Waals surface area contributed by atoms with Crippen LogP contribution in [0.15, 0.2) is 66.4 Å². The number of hydrogen-bond acceptors (Lipinski definition) is 11. The average Bonchev–Trinajstić information content (AvgIpc) is 3.81. The lowest BCUT2D eigenvalue weighted by Gasteiger charge is -2.42. The van der Waals surface area contributed by atoms with Crippen molar-refractivity contribution < 1.29 is 43.2 Å². The summed E-state index contributed by atoms with van der Waals surface area (Å²) in [6.07, 6.45) is 1.66. The van der Waals surface area contributed by atoms with Crippen molar-refractivity contribution in [2.75, 3.05) is 37.2 Å². The summed E-state index contributed by atoms with van der Waals surface area (Å²) in [5.41, 5.74) is 6.58. The smallest absolute Gasteiger partial charge is 0.412 e. The van der Waals surface area contributed by atoms with Crippen molar-refractivity contribution in [1.29, 1.82) is 0 Å². The molecular weight excluding hydrogens is 706 g/mol. The molecule has 2 fully saturated rings. The van der Waals surface area contributed by atoms with Crippen LogP contribution < -0.4 is 26.0 Å². The number of anilines is 3. The molecular formula is C38H44ClN5O9. The maximum absolute atomic E-state index is 14.1. The lowest BCUT2D eigenvalue weighted by atomic mass is 9.83. The first kappa shape index (κ1) is 37.9. The quantitative estimate of drug-likeness (QED) is 0.195. The number of benzene rings is 2. The van der Waals surface area contributed by atoms with Crippen LogP contribution in [0, 0.1) is 5.92 Å². The summed E-state index contributed by atoms with van der Waals surface area (Å²) in [4.78, 5) is 46.2. The third kappa shape index (κ3) is 7.91. The summed E-state index contributed by atoms with van der Waals surface area (Å²) in [7, 11) is 4.52. The number of nitrogens with two attached hydrogens (primary N) is 1. The Bertz CT molecular complexity index is 1990. The Morgan fingerprint density at radius 1 is 1.21 bits per heavy atom. The van der Waals surface area contributed by atoms with E-state index >= 15 is 0 Å². The molecule has 4 bridgehead atoms. The Kier molecular flexibility index (Phi) is 10.6. The van der Waals surface area contributed by atoms with E-state index in [1.54, 1.807) is 62.5 Å². The molecule has 5 N–H and O–H groups in total. The maximum atomic E-state index is 14.1. The Labute approximate surface area is 312 Å². The van der Waals surface area contributed by atoms with Crippen LogP contribution in [0.25, 0.3) is 10.9 Å². The number of carbonyl (C=O) groups is 3. The van der Waals surface area contributed by atoms with Gasteiger partial charge in [0, 0.05) is 37.6 Å². The van der Waals surface area contributed by atoms with E-state index in [1.165, 1.54) is 25.3 Å². The molecule has 3 aromatic rings. The molecule has 0 spiro atoms. The molecule has 4 heterocycles. The van der Waals surface area contributed by atoms with Gasteiger partial charge >= 0.3 is 12.2 Å². The minimum atomic E-state index is -1.82. The molecule has 7 atom stereocenters. The van der Waals surface area contributed by atoms with E-state index in [0.717, 1.165) is 16.5 Å². The lowest BCUT2D eigenvalue weighted by Crippen LogP contribution is -2.63. The monoisotopic (exact) mass is 749 g/mol. The van der Waals surface area contributed by atoms with Crippen LogP contribution in [0.3, 0.4) is 0 Å². The minimum absolute atomic E-state index is 0.0419. The van der Waals surface area contributed by atoms with E-state index in [9.17, 15) is 19.5 Å². The van der Waals surface area contributed by atoms with Gasteiger partial charge in [0.15, 0.2) is 5.72 Å². The molecule has 0 unspecified atom stereocenters. The van der Waals surface area contributed by atoms with Gasteiger partial charge in [0.1, 0.15) is 34.7 Å². The summed E-state index contributed by atoms with van der Waals surface area (Å²) >= 11 is 6.76. The number of allylic oxidation sites excluding steroid dienone is 3. The molecule has 282 valence electrons. The number of aromatic nitrogens is 1. The van der Waals surface area contributed by atoms with Crippen molar-refractivity contribution in [1.82, 2.24) is 10.3 Å². The number of pyridine rings is 1. The first-order chi connectivity index (χ1) is 25.1. The first-order valence-electron chi connectivity index (χ1n) is 17.2. The minimum Gasteiger partial charge on any atom is -0.495 e. The summed E-state index contributed by atoms with van der Waals surface area (Å²) < 4.78 is 29.1. The third-order valence-electron chi connectivity index (χ3n) is 10.2. The number of alkyl carbamates (subject to hydrolysis) is 1. The summed E-state index contributed by atoms with van der Waals surface area (Å²) in [5, 5.41) is 17.9. The number of aliphatic hydroxyl groups is 1. The highest BCUT2D eigenvalue weighted by molar-refractivity contribution is 6.35. The Morgan fingerprint density at radius 3 is 2.72 bits per heavy atom. The van der Waals surface area contributed by atoms with E-state index in [0.29, 0.717) is 34.7 Å². The fourth-order valence-electron chi connectivity index (χ4n) is 7.09. The Morgan fingerprint density at radius 2 is 1.98 bits per heavy atom. The van der Waals surface area contributed by atoms with Crippen molar-refractivity contribution in [2.24, 2.45) is 5.92 Å². The van der Waals surface area contributed by atoms with Gasteiger partial charge in [-0.3, -0.25) is 20.4 Å². The zero-order chi connectivity index (χ0) is 38.2. The van der Waals surface area contributed by atoms with Gasteiger partial charge < -0.3 is 39.4 Å². The van der Waals surface area contributed by atoms with Crippen LogP contribution >= 0.6 is 11.6 Å². The van der Waals surface area contributed by atoms with E-state index in [-0.39, 0.29) is 17.9 Å². The first-order valence-corrected chi connectivity index (χ1v) is 17.5. The number of hydrogen-bond donors (Lipinski definition) is 4. The number of nitrogens with zero attached hydrogens (tertiary/aromatic N) is 2. The van der Waals surface area contributed by atoms with Crippen molar-refractivity contribution in [2.45, 2.75) is 75.8 Å². The number of amides is 3. The van der Waals surface area contributed by atoms with Gasteiger partial charge in [-0.2, -0.15) is 0 Å². The summed E-state index contributed by atoms with van der Waals surface area (Å²) in [5.74, 6) is -0.559. The molecule has 6 rings (SSSR count). The van der Waals surface area contributed by atoms with Crippen LogP contribution in [0.4, 0.5) is 26.7 Å². The highest BCUT2D eigenvalue weighted by atomic mass is 35.5. The third-order valence-corrected chi connectivity index (χ3v) is 10.5. The van der Waals surface area contributed by atoms with Gasteiger partial charge in [-0.1, -0.05) is 48.4 Å². The Hall–Kier alpha value is -4.89. The molecule has 0 saturated carbocycles. The highest BCUT2D eigenvalue weighted by Gasteiger charge is 2.64. The molecule has 0 radical (unpaired) electrons. The van der Waals surface area contributed by atoms with Gasteiger partial charge in [0.2, 0.25) is 5.91 Å². The number of halogens is 1. The number of methoxy groups -OCH3 is 2. The normalized spacial score (nSPS) is 30.6. The van der Waals surface area contributed by atoms with Crippen molar-refractivity contribution in [3.63, 3.8) is 0 Å². The topological polar surface area (TPSA) is 187 Å². The van der Waals surface area contributed by atoms with Crippen molar-refractivity contribution in [3.8, 4) is 5.75 Å². The summed E-state index contributed by atoms with van der Waals surface area (Å²) in [6, 6.07) is 10.6. The largest absolute Gasteiger partial charge is 0.495 e. The van der Waals surface area contributed by atoms with E-state index in [4.69, 9.17) is 41.0 Å². The molecule has 2 aromatic carbocycles. The van der Waals surface area contributed by atoms with E-state index in [2.05, 4.69) is 15.6 Å². The number of ether oxygens (including phenoxy) is 5. The molecule has 3 aliphatic heterocycles. The zero-order valence-corrected chi connectivity index (χ0v) is 31.1. The predicted octanol–water partition coefficient (Wildman–Crippen LogP) is 5.50. The van der Waals surface area contributed by atoms with Gasteiger partial charge in [-0.25, -0.2) is 9.59 Å². The number of rotatable bonds is 4. The van der Waals surface area contributed by atoms with Crippen LogP contribution in [-0.2, 0) is 30.2 Å². The maximum Gasteiger partial charge on any atom is 0.412 e. The van der Waals surface area contributed by atoms with Gasteiger partial charge in [0.05, 0.1) is 42.7 Å². The second kappa shape index (κ2) is 14.9. The van der Waals surface area contributed by atoms with Crippen LogP contribution in [0.1, 0.15) is 39.2 Å². The van der Waals surface area contributed by atoms with Crippen LogP contribution in [-0.4, -0.2) is 85.2 Å². The van der Waals surface area contributed by atoms with Gasteiger partial charge in [0.25, 0.3) is 0 Å². The second-order valence-electron chi connectivity index (χ2n) is 14.0. The fourth-order valence-corrected chi connectivity index (χ4v) is 7.40. The van der Waals surface area contributed by atoms with Crippen molar-refractivity contribution in [3.05, 3.63) is 77.0 Å². The molecule has 3 aliphatic rings. The van der Waals surface area contributed by atoms with Crippen LogP contribution in [0.2, 0.25) is 5.02 Å². The van der Waals surface area contributed by atoms with Gasteiger partial charge in [-0.05, 0) is 56.2 Å². The number of fused-ring (bicyclic) bond motifs is 6. The highest BCUT2D eigenvalue weighted by Crippen LogP contribution is 2.49. The zero-order valence-electron chi connectivity index (χ0n) is 30.3. The van der Waals surface area contributed by atoms with E-state index in [1.807, 2.05) is 19.9 Å². The number of epoxide rings is 1. The molecule has 1 aromatic heterocycles. The van der Waals surface area contributed by atoms with E-state index < -0.39 is 59.8 Å². The Balaban J connectivity index is 1.36. The molecule has 0 aliphatic carbocycles. The lowest BCUT2D eigenvalue weighted by molar-refractivity contribution is -0.142.